The Balaban J connectivity index is 1.65. The third-order valence-electron chi connectivity index (χ3n) is 3.77. The van der Waals surface area contributed by atoms with Crippen molar-refractivity contribution in [3.05, 3.63) is 47.9 Å². The molecule has 1 aromatic carbocycles. The number of nitrogens with one attached hydrogen (secondary N) is 2. The highest BCUT2D eigenvalue weighted by atomic mass is 19.1. The molecular weight excluding hydrogens is 302 g/mol. The molecule has 2 N–H and O–H groups in total. The number of benzene rings is 1. The molecule has 7 heteroatoms. The van der Waals surface area contributed by atoms with Gasteiger partial charge in [0, 0.05) is 12.1 Å². The van der Waals surface area contributed by atoms with Gasteiger partial charge < -0.3 is 10.6 Å². The van der Waals surface area contributed by atoms with Crippen molar-refractivity contribution in [3.8, 4) is 0 Å². The number of aromatic nitrogens is 2. The number of hydrogen-bond donors (Lipinski definition) is 2. The summed E-state index contributed by atoms with van der Waals surface area (Å²) in [6.07, 6.45) is 7.42. The minimum Gasteiger partial charge on any atom is -0.366 e. The zero-order valence-electron chi connectivity index (χ0n) is 12.4. The standard InChI is InChI=1S/C16H16F2N4O/c17-10-5-6-13(12(18)7-10)22-16(23)14-8-20-15(9-19-14)21-11-3-1-2-4-11/h5-9,11H,1-4H2,(H,20,21)(H,22,23). The predicted octanol–water partition coefficient (Wildman–Crippen LogP) is 3.36. The SMILES string of the molecule is O=C(Nc1ccc(F)cc1F)c1cnc(NC2CCCC2)cn1. The van der Waals surface area contributed by atoms with Crippen LogP contribution in [0.1, 0.15) is 36.2 Å². The van der Waals surface area contributed by atoms with Crippen LogP contribution >= 0.6 is 0 Å². The molecule has 1 aliphatic rings. The zero-order valence-corrected chi connectivity index (χ0v) is 12.4. The summed E-state index contributed by atoms with van der Waals surface area (Å²) in [7, 11) is 0. The second-order valence-electron chi connectivity index (χ2n) is 5.49. The number of carbonyl (C=O) groups is 1. The van der Waals surface area contributed by atoms with Crippen LogP contribution in [0, 0.1) is 11.6 Å². The molecule has 0 unspecified atom stereocenters. The van der Waals surface area contributed by atoms with Crippen LogP contribution in [0.4, 0.5) is 20.3 Å². The molecule has 0 atom stereocenters. The molecule has 120 valence electrons. The average Bonchev–Trinajstić information content (AvgIpc) is 3.04. The van der Waals surface area contributed by atoms with Crippen LogP contribution < -0.4 is 10.6 Å². The third-order valence-corrected chi connectivity index (χ3v) is 3.77. The summed E-state index contributed by atoms with van der Waals surface area (Å²) in [4.78, 5) is 20.2. The van der Waals surface area contributed by atoms with Gasteiger partial charge in [-0.05, 0) is 25.0 Å². The molecule has 0 aliphatic heterocycles. The molecule has 23 heavy (non-hydrogen) atoms. The fraction of sp³-hybridized carbons (Fsp3) is 0.312. The van der Waals surface area contributed by atoms with Crippen molar-refractivity contribution in [2.75, 3.05) is 10.6 Å². The number of amides is 1. The van der Waals surface area contributed by atoms with Crippen molar-refractivity contribution in [3.63, 3.8) is 0 Å². The van der Waals surface area contributed by atoms with Crippen LogP contribution in [0.15, 0.2) is 30.6 Å². The van der Waals surface area contributed by atoms with E-state index in [9.17, 15) is 13.6 Å². The van der Waals surface area contributed by atoms with Crippen LogP contribution in [0.5, 0.6) is 0 Å². The minimum absolute atomic E-state index is 0.0608. The summed E-state index contributed by atoms with van der Waals surface area (Å²) < 4.78 is 26.4. The van der Waals surface area contributed by atoms with Crippen molar-refractivity contribution in [1.82, 2.24) is 9.97 Å². The number of anilines is 2. The van der Waals surface area contributed by atoms with Crippen LogP contribution in [-0.2, 0) is 0 Å². The van der Waals surface area contributed by atoms with Gasteiger partial charge in [-0.1, -0.05) is 12.8 Å². The Morgan fingerprint density at radius 1 is 1.13 bits per heavy atom. The number of halogens is 2. The first-order chi connectivity index (χ1) is 11.1. The molecule has 1 fully saturated rings. The molecular formula is C16H16F2N4O. The monoisotopic (exact) mass is 318 g/mol. The molecule has 3 rings (SSSR count). The Morgan fingerprint density at radius 3 is 2.57 bits per heavy atom. The van der Waals surface area contributed by atoms with E-state index in [0.717, 1.165) is 25.0 Å². The van der Waals surface area contributed by atoms with Crippen LogP contribution in [-0.4, -0.2) is 21.9 Å². The van der Waals surface area contributed by atoms with Gasteiger partial charge in [-0.25, -0.2) is 18.7 Å². The van der Waals surface area contributed by atoms with Gasteiger partial charge in [-0.15, -0.1) is 0 Å². The van der Waals surface area contributed by atoms with E-state index < -0.39 is 17.5 Å². The Bertz CT molecular complexity index is 700. The highest BCUT2D eigenvalue weighted by Gasteiger charge is 2.16. The summed E-state index contributed by atoms with van der Waals surface area (Å²) in [6.45, 7) is 0. The van der Waals surface area contributed by atoms with Gasteiger partial charge in [0.2, 0.25) is 0 Å². The quantitative estimate of drug-likeness (QED) is 0.907. The number of hydrogen-bond acceptors (Lipinski definition) is 4. The lowest BCUT2D eigenvalue weighted by atomic mass is 10.2. The first-order valence-electron chi connectivity index (χ1n) is 7.47. The summed E-state index contributed by atoms with van der Waals surface area (Å²) in [6, 6.07) is 3.33. The molecule has 1 heterocycles. The second-order valence-corrected chi connectivity index (χ2v) is 5.49. The molecule has 0 saturated heterocycles. The Labute approximate surface area is 132 Å². The van der Waals surface area contributed by atoms with E-state index in [1.54, 1.807) is 0 Å². The predicted molar refractivity (Wildman–Crippen MR) is 82.2 cm³/mol. The minimum atomic E-state index is -0.842. The third kappa shape index (κ3) is 3.80. The van der Waals surface area contributed by atoms with Crippen molar-refractivity contribution >= 4 is 17.4 Å². The first-order valence-corrected chi connectivity index (χ1v) is 7.47. The van der Waals surface area contributed by atoms with Crippen LogP contribution in [0.3, 0.4) is 0 Å². The molecule has 1 saturated carbocycles. The molecule has 5 nitrogen and oxygen atoms in total. The largest absolute Gasteiger partial charge is 0.366 e. The van der Waals surface area contributed by atoms with Crippen LogP contribution in [0.25, 0.3) is 0 Å². The lowest BCUT2D eigenvalue weighted by Crippen LogP contribution is -2.18. The van der Waals surface area contributed by atoms with E-state index in [0.29, 0.717) is 17.9 Å². The summed E-state index contributed by atoms with van der Waals surface area (Å²) in [5.74, 6) is -1.54. The van der Waals surface area contributed by atoms with Crippen molar-refractivity contribution in [2.24, 2.45) is 0 Å². The van der Waals surface area contributed by atoms with E-state index in [4.69, 9.17) is 0 Å². The molecule has 0 spiro atoms. The molecule has 2 aromatic rings. The van der Waals surface area contributed by atoms with E-state index >= 15 is 0 Å². The van der Waals surface area contributed by atoms with Crippen molar-refractivity contribution in [2.45, 2.75) is 31.7 Å². The van der Waals surface area contributed by atoms with Gasteiger partial charge in [0.05, 0.1) is 18.1 Å². The van der Waals surface area contributed by atoms with Gasteiger partial charge >= 0.3 is 0 Å². The summed E-state index contributed by atoms with van der Waals surface area (Å²) in [5, 5.41) is 5.61. The van der Waals surface area contributed by atoms with Gasteiger partial charge in [0.1, 0.15) is 23.1 Å². The van der Waals surface area contributed by atoms with E-state index in [2.05, 4.69) is 20.6 Å². The maximum atomic E-state index is 13.5. The van der Waals surface area contributed by atoms with Crippen molar-refractivity contribution in [1.29, 1.82) is 0 Å². The highest BCUT2D eigenvalue weighted by Crippen LogP contribution is 2.21. The number of carbonyl (C=O) groups excluding carboxylic acids is 1. The molecule has 1 aromatic heterocycles. The maximum absolute atomic E-state index is 13.5. The number of nitrogens with zero attached hydrogens (tertiary/aromatic N) is 2. The molecule has 0 bridgehead atoms. The van der Waals surface area contributed by atoms with Gasteiger partial charge in [0.15, 0.2) is 0 Å². The molecule has 0 radical (unpaired) electrons. The van der Waals surface area contributed by atoms with Crippen molar-refractivity contribution < 1.29 is 13.6 Å². The van der Waals surface area contributed by atoms with E-state index in [1.165, 1.54) is 25.2 Å². The fourth-order valence-corrected chi connectivity index (χ4v) is 2.58. The second kappa shape index (κ2) is 6.68. The normalized spacial score (nSPS) is 14.7. The Morgan fingerprint density at radius 2 is 1.91 bits per heavy atom. The van der Waals surface area contributed by atoms with Gasteiger partial charge in [-0.2, -0.15) is 0 Å². The lowest BCUT2D eigenvalue weighted by Gasteiger charge is -2.12. The Hall–Kier alpha value is -2.57. The Kier molecular flexibility index (Phi) is 4.45. The molecule has 1 amide bonds. The summed E-state index contributed by atoms with van der Waals surface area (Å²) >= 11 is 0. The highest BCUT2D eigenvalue weighted by molar-refractivity contribution is 6.02. The van der Waals surface area contributed by atoms with E-state index in [-0.39, 0.29) is 11.4 Å². The smallest absolute Gasteiger partial charge is 0.275 e. The lowest BCUT2D eigenvalue weighted by molar-refractivity contribution is 0.102. The summed E-state index contributed by atoms with van der Waals surface area (Å²) in [5.41, 5.74) is -0.0444. The fourth-order valence-electron chi connectivity index (χ4n) is 2.58. The van der Waals surface area contributed by atoms with Crippen LogP contribution in [0.2, 0.25) is 0 Å². The zero-order chi connectivity index (χ0) is 16.2. The van der Waals surface area contributed by atoms with Gasteiger partial charge in [0.25, 0.3) is 5.91 Å². The topological polar surface area (TPSA) is 66.9 Å². The van der Waals surface area contributed by atoms with E-state index in [1.807, 2.05) is 0 Å². The average molecular weight is 318 g/mol. The first kappa shape index (κ1) is 15.3. The maximum Gasteiger partial charge on any atom is 0.275 e. The number of rotatable bonds is 4. The van der Waals surface area contributed by atoms with Gasteiger partial charge in [-0.3, -0.25) is 4.79 Å². The molecule has 1 aliphatic carbocycles.